The lowest BCUT2D eigenvalue weighted by Gasteiger charge is -2.18. The second-order valence-electron chi connectivity index (χ2n) is 6.40. The Morgan fingerprint density at radius 1 is 0.867 bits per heavy atom. The second kappa shape index (κ2) is 8.33. The summed E-state index contributed by atoms with van der Waals surface area (Å²) in [4.78, 5) is 3.49. The molecule has 0 unspecified atom stereocenters. The summed E-state index contributed by atoms with van der Waals surface area (Å²) in [5, 5.41) is 0. The van der Waals surface area contributed by atoms with Gasteiger partial charge in [0.05, 0.1) is 0 Å². The van der Waals surface area contributed by atoms with Crippen LogP contribution in [0.3, 0.4) is 0 Å². The topological polar surface area (TPSA) is 22.1 Å². The fourth-order valence-electron chi connectivity index (χ4n) is 2.79. The van der Waals surface area contributed by atoms with Gasteiger partial charge in [-0.3, -0.25) is 4.98 Å². The maximum absolute atomic E-state index is 14.3. The molecule has 3 aromatic rings. The van der Waals surface area contributed by atoms with Crippen molar-refractivity contribution in [3.63, 3.8) is 0 Å². The number of hydrogen-bond donors (Lipinski definition) is 0. The molecule has 0 saturated carbocycles. The van der Waals surface area contributed by atoms with E-state index >= 15 is 0 Å². The molecule has 1 heterocycles. The number of hydrogen-bond acceptors (Lipinski definition) is 2. The number of aromatic nitrogens is 1. The summed E-state index contributed by atoms with van der Waals surface area (Å²) >= 11 is 0. The Balaban J connectivity index is 1.87. The van der Waals surface area contributed by atoms with Crippen LogP contribution in [0.25, 0.3) is 11.1 Å². The van der Waals surface area contributed by atoms with Gasteiger partial charge < -0.3 is 4.74 Å². The van der Waals surface area contributed by atoms with Gasteiger partial charge in [0, 0.05) is 29.5 Å². The van der Waals surface area contributed by atoms with Crippen LogP contribution in [0.2, 0.25) is 0 Å². The zero-order chi connectivity index (χ0) is 22.1. The highest BCUT2D eigenvalue weighted by Crippen LogP contribution is 2.33. The standard InChI is InChI=1S/C21H14F7NO/c1-2-3-11-4-6-14(19(25)18(11)24)12-5-7-17(29-10-12)21(27,28)30-13-8-15(22)20(26)16(23)9-13/h4-10H,2-3H2,1H3. The maximum atomic E-state index is 14.3. The van der Waals surface area contributed by atoms with E-state index in [4.69, 9.17) is 0 Å². The van der Waals surface area contributed by atoms with Crippen LogP contribution in [0.5, 0.6) is 5.75 Å². The van der Waals surface area contributed by atoms with E-state index in [9.17, 15) is 30.7 Å². The van der Waals surface area contributed by atoms with Crippen LogP contribution < -0.4 is 4.74 Å². The zero-order valence-corrected chi connectivity index (χ0v) is 15.5. The van der Waals surface area contributed by atoms with E-state index in [-0.39, 0.29) is 28.8 Å². The van der Waals surface area contributed by atoms with Crippen LogP contribution in [0.4, 0.5) is 30.7 Å². The number of ether oxygens (including phenoxy) is 1. The highest BCUT2D eigenvalue weighted by molar-refractivity contribution is 5.64. The van der Waals surface area contributed by atoms with Gasteiger partial charge in [-0.2, -0.15) is 8.78 Å². The van der Waals surface area contributed by atoms with Crippen molar-refractivity contribution in [1.29, 1.82) is 0 Å². The minimum absolute atomic E-state index is 0.0351. The molecule has 0 saturated heterocycles. The van der Waals surface area contributed by atoms with Gasteiger partial charge in [0.15, 0.2) is 34.8 Å². The Kier molecular flexibility index (Phi) is 6.00. The van der Waals surface area contributed by atoms with Crippen molar-refractivity contribution >= 4 is 0 Å². The Hall–Kier alpha value is -3.10. The lowest BCUT2D eigenvalue weighted by Crippen LogP contribution is -2.23. The lowest BCUT2D eigenvalue weighted by atomic mass is 10.0. The average Bonchev–Trinajstić information content (AvgIpc) is 2.70. The first-order valence-electron chi connectivity index (χ1n) is 8.79. The third-order valence-corrected chi connectivity index (χ3v) is 4.26. The van der Waals surface area contributed by atoms with E-state index in [1.165, 1.54) is 12.1 Å². The molecule has 0 fully saturated rings. The molecule has 2 aromatic carbocycles. The summed E-state index contributed by atoms with van der Waals surface area (Å²) in [5.41, 5.74) is -0.895. The molecule has 0 amide bonds. The number of benzene rings is 2. The highest BCUT2D eigenvalue weighted by Gasteiger charge is 2.37. The van der Waals surface area contributed by atoms with Crippen LogP contribution in [-0.2, 0) is 12.5 Å². The van der Waals surface area contributed by atoms with Crippen molar-refractivity contribution in [2.45, 2.75) is 25.9 Å². The van der Waals surface area contributed by atoms with Crippen LogP contribution in [0, 0.1) is 29.1 Å². The summed E-state index contributed by atoms with van der Waals surface area (Å²) in [5.74, 6) is -8.33. The largest absolute Gasteiger partial charge is 0.444 e. The van der Waals surface area contributed by atoms with Crippen LogP contribution >= 0.6 is 0 Å². The van der Waals surface area contributed by atoms with E-state index in [1.54, 1.807) is 0 Å². The third kappa shape index (κ3) is 4.24. The van der Waals surface area contributed by atoms with Gasteiger partial charge >= 0.3 is 6.11 Å². The molecule has 0 bridgehead atoms. The molecule has 0 N–H and O–H groups in total. The number of halogens is 7. The molecule has 158 valence electrons. The van der Waals surface area contributed by atoms with Gasteiger partial charge in [-0.05, 0) is 18.1 Å². The maximum Gasteiger partial charge on any atom is 0.444 e. The summed E-state index contributed by atoms with van der Waals surface area (Å²) in [7, 11) is 0. The highest BCUT2D eigenvalue weighted by atomic mass is 19.3. The normalized spacial score (nSPS) is 11.6. The lowest BCUT2D eigenvalue weighted by molar-refractivity contribution is -0.188. The van der Waals surface area contributed by atoms with Gasteiger partial charge in [0.1, 0.15) is 5.75 Å². The predicted molar refractivity (Wildman–Crippen MR) is 94.4 cm³/mol. The van der Waals surface area contributed by atoms with E-state index in [2.05, 4.69) is 9.72 Å². The Morgan fingerprint density at radius 3 is 2.10 bits per heavy atom. The molecule has 30 heavy (non-hydrogen) atoms. The monoisotopic (exact) mass is 429 g/mol. The minimum atomic E-state index is -4.13. The first kappa shape index (κ1) is 21.6. The first-order valence-corrected chi connectivity index (χ1v) is 8.79. The molecular formula is C21H14F7NO. The van der Waals surface area contributed by atoms with Crippen molar-refractivity contribution in [2.75, 3.05) is 0 Å². The molecule has 0 aliphatic heterocycles. The summed E-state index contributed by atoms with van der Waals surface area (Å²) in [6.45, 7) is 1.81. The van der Waals surface area contributed by atoms with E-state index < -0.39 is 46.6 Å². The molecule has 9 heteroatoms. The van der Waals surface area contributed by atoms with Crippen LogP contribution in [0.1, 0.15) is 24.6 Å². The fourth-order valence-corrected chi connectivity index (χ4v) is 2.79. The molecule has 2 nitrogen and oxygen atoms in total. The SMILES string of the molecule is CCCc1ccc(-c2ccc(C(F)(F)Oc3cc(F)c(F)c(F)c3)nc2)c(F)c1F. The van der Waals surface area contributed by atoms with Crippen molar-refractivity contribution in [3.05, 3.63) is 82.9 Å². The number of alkyl halides is 2. The smallest absolute Gasteiger partial charge is 0.428 e. The van der Waals surface area contributed by atoms with Gasteiger partial charge in [-0.25, -0.2) is 22.0 Å². The Labute approximate surface area is 166 Å². The molecular weight excluding hydrogens is 415 g/mol. The van der Waals surface area contributed by atoms with E-state index in [0.29, 0.717) is 12.8 Å². The van der Waals surface area contributed by atoms with Gasteiger partial charge in [0.25, 0.3) is 0 Å². The Bertz CT molecular complexity index is 1040. The molecule has 0 aliphatic rings. The molecule has 0 radical (unpaired) electrons. The van der Waals surface area contributed by atoms with Crippen molar-refractivity contribution in [2.24, 2.45) is 0 Å². The van der Waals surface area contributed by atoms with Gasteiger partial charge in [-0.1, -0.05) is 31.5 Å². The van der Waals surface area contributed by atoms with Crippen LogP contribution in [-0.4, -0.2) is 4.98 Å². The predicted octanol–water partition coefficient (Wildman–Crippen LogP) is 6.52. The first-order chi connectivity index (χ1) is 14.1. The van der Waals surface area contributed by atoms with E-state index in [0.717, 1.165) is 18.3 Å². The molecule has 0 spiro atoms. The number of nitrogens with zero attached hydrogens (tertiary/aromatic N) is 1. The average molecular weight is 429 g/mol. The second-order valence-corrected chi connectivity index (χ2v) is 6.40. The molecule has 0 atom stereocenters. The van der Waals surface area contributed by atoms with Crippen molar-refractivity contribution in [3.8, 4) is 16.9 Å². The zero-order valence-electron chi connectivity index (χ0n) is 15.5. The molecule has 1 aromatic heterocycles. The van der Waals surface area contributed by atoms with Crippen LogP contribution in [0.15, 0.2) is 42.6 Å². The van der Waals surface area contributed by atoms with Gasteiger partial charge in [-0.15, -0.1) is 0 Å². The van der Waals surface area contributed by atoms with Crippen molar-refractivity contribution in [1.82, 2.24) is 4.98 Å². The minimum Gasteiger partial charge on any atom is -0.428 e. The number of rotatable bonds is 6. The molecule has 3 rings (SSSR count). The fraction of sp³-hybridized carbons (Fsp3) is 0.190. The quantitative estimate of drug-likeness (QED) is 0.329. The summed E-state index contributed by atoms with van der Waals surface area (Å²) in [6, 6.07) is 5.11. The van der Waals surface area contributed by atoms with E-state index in [1.807, 2.05) is 6.92 Å². The third-order valence-electron chi connectivity index (χ3n) is 4.26. The number of pyridine rings is 1. The van der Waals surface area contributed by atoms with Crippen molar-refractivity contribution < 1.29 is 35.5 Å². The Morgan fingerprint density at radius 2 is 1.53 bits per heavy atom. The summed E-state index contributed by atoms with van der Waals surface area (Å²) < 4.78 is 101. The molecule has 0 aliphatic carbocycles. The number of aryl methyl sites for hydroxylation is 1. The van der Waals surface area contributed by atoms with Gasteiger partial charge in [0.2, 0.25) is 0 Å². The summed E-state index contributed by atoms with van der Waals surface area (Å²) in [6.07, 6.45) is -2.29.